The normalized spacial score (nSPS) is 14.7. The van der Waals surface area contributed by atoms with Gasteiger partial charge in [-0.05, 0) is 22.9 Å². The minimum atomic E-state index is -0.519. The van der Waals surface area contributed by atoms with Crippen LogP contribution in [0, 0.1) is 0 Å². The van der Waals surface area contributed by atoms with E-state index in [1.807, 2.05) is 6.92 Å². The van der Waals surface area contributed by atoms with Gasteiger partial charge in [0.25, 0.3) is 11.7 Å². The topological polar surface area (TPSA) is 81.0 Å². The summed E-state index contributed by atoms with van der Waals surface area (Å²) in [5.74, 6) is -0.236. The molecule has 1 fully saturated rings. The molecule has 1 aliphatic rings. The van der Waals surface area contributed by atoms with E-state index in [0.29, 0.717) is 31.0 Å². The number of carbonyl (C=O) groups excluding carboxylic acids is 2. The van der Waals surface area contributed by atoms with E-state index in [1.165, 1.54) is 11.1 Å². The molecule has 0 spiro atoms. The first-order valence-electron chi connectivity index (χ1n) is 6.92. The first-order chi connectivity index (χ1) is 10.6. The molecule has 7 nitrogen and oxygen atoms in total. The van der Waals surface area contributed by atoms with E-state index in [4.69, 9.17) is 0 Å². The lowest BCUT2D eigenvalue weighted by atomic mass is 9.98. The van der Waals surface area contributed by atoms with E-state index in [9.17, 15) is 9.59 Å². The second-order valence-corrected chi connectivity index (χ2v) is 6.00. The Hall–Kier alpha value is -2.09. The van der Waals surface area contributed by atoms with Crippen LogP contribution in [0.1, 0.15) is 29.0 Å². The van der Waals surface area contributed by atoms with Crippen molar-refractivity contribution in [1.29, 1.82) is 0 Å². The number of carbonyl (C=O) groups is 2. The maximum Gasteiger partial charge on any atom is 0.295 e. The molecule has 2 aromatic heterocycles. The van der Waals surface area contributed by atoms with Crippen LogP contribution in [0.15, 0.2) is 29.3 Å². The summed E-state index contributed by atoms with van der Waals surface area (Å²) in [6.07, 6.45) is 6.38. The molecule has 3 heterocycles. The molecule has 0 N–H and O–H groups in total. The number of Topliss-reactive ketones (excluding diaryl/α,β-unsaturated/α-hetero) is 1. The van der Waals surface area contributed by atoms with Crippen molar-refractivity contribution in [3.05, 3.63) is 40.6 Å². The summed E-state index contributed by atoms with van der Waals surface area (Å²) in [6.45, 7) is 3.51. The highest BCUT2D eigenvalue weighted by Crippen LogP contribution is 2.25. The van der Waals surface area contributed by atoms with Crippen LogP contribution in [0.2, 0.25) is 0 Å². The molecule has 0 aliphatic carbocycles. The Morgan fingerprint density at radius 1 is 1.27 bits per heavy atom. The maximum atomic E-state index is 12.1. The molecule has 0 unspecified atom stereocenters. The molecule has 0 bridgehead atoms. The Kier molecular flexibility index (Phi) is 4.02. The number of hydrogen-bond donors (Lipinski definition) is 0. The molecule has 0 aromatic carbocycles. The van der Waals surface area contributed by atoms with Crippen LogP contribution < -0.4 is 0 Å². The molecule has 1 saturated heterocycles. The molecule has 1 aliphatic heterocycles. The van der Waals surface area contributed by atoms with E-state index in [-0.39, 0.29) is 5.92 Å². The van der Waals surface area contributed by atoms with Crippen molar-refractivity contribution in [2.24, 2.45) is 0 Å². The molecule has 114 valence electrons. The number of halogens is 1. The van der Waals surface area contributed by atoms with E-state index >= 15 is 0 Å². The van der Waals surface area contributed by atoms with Crippen molar-refractivity contribution in [2.45, 2.75) is 19.4 Å². The van der Waals surface area contributed by atoms with Gasteiger partial charge in [0.2, 0.25) is 0 Å². The van der Waals surface area contributed by atoms with Gasteiger partial charge in [-0.25, -0.2) is 9.97 Å². The third-order valence-electron chi connectivity index (χ3n) is 3.59. The minimum Gasteiger partial charge on any atom is -0.334 e. The highest BCUT2D eigenvalue weighted by molar-refractivity contribution is 9.10. The summed E-state index contributed by atoms with van der Waals surface area (Å²) < 4.78 is 2.43. The number of rotatable bonds is 4. The first-order valence-corrected chi connectivity index (χ1v) is 7.71. The summed E-state index contributed by atoms with van der Waals surface area (Å²) in [5.41, 5.74) is 0.329. The maximum absolute atomic E-state index is 12.1. The zero-order valence-corrected chi connectivity index (χ0v) is 13.5. The largest absolute Gasteiger partial charge is 0.334 e. The number of nitrogens with zero attached hydrogens (tertiary/aromatic N) is 5. The molecule has 0 atom stereocenters. The Bertz CT molecular complexity index is 706. The average Bonchev–Trinajstić information content (AvgIpc) is 2.95. The van der Waals surface area contributed by atoms with Gasteiger partial charge in [-0.1, -0.05) is 0 Å². The van der Waals surface area contributed by atoms with Crippen LogP contribution in [-0.2, 0) is 11.3 Å². The summed E-state index contributed by atoms with van der Waals surface area (Å²) in [4.78, 5) is 34.2. The van der Waals surface area contributed by atoms with Crippen molar-refractivity contribution < 1.29 is 9.59 Å². The van der Waals surface area contributed by atoms with Gasteiger partial charge < -0.3 is 4.90 Å². The average molecular weight is 364 g/mol. The fourth-order valence-corrected chi connectivity index (χ4v) is 2.47. The molecule has 3 rings (SSSR count). The second-order valence-electron chi connectivity index (χ2n) is 5.08. The Labute approximate surface area is 135 Å². The third-order valence-corrected chi connectivity index (χ3v) is 4.00. The fourth-order valence-electron chi connectivity index (χ4n) is 2.26. The highest BCUT2D eigenvalue weighted by atomic mass is 79.9. The molecular formula is C14H14BrN5O2. The smallest absolute Gasteiger partial charge is 0.295 e. The fraction of sp³-hybridized carbons (Fsp3) is 0.357. The molecule has 0 saturated carbocycles. The molecule has 1 amide bonds. The van der Waals surface area contributed by atoms with Crippen LogP contribution in [-0.4, -0.2) is 49.4 Å². The molecular weight excluding hydrogens is 350 g/mol. The van der Waals surface area contributed by atoms with Crippen LogP contribution in [0.5, 0.6) is 0 Å². The Morgan fingerprint density at radius 3 is 2.55 bits per heavy atom. The zero-order valence-electron chi connectivity index (χ0n) is 11.9. The number of aromatic nitrogens is 4. The van der Waals surface area contributed by atoms with Crippen molar-refractivity contribution in [3.8, 4) is 0 Å². The van der Waals surface area contributed by atoms with Crippen LogP contribution in [0.25, 0.3) is 0 Å². The number of ketones is 1. The standard InChI is InChI=1S/C14H14BrN5O2/c1-2-20-8-9(3-18-20)12(21)14(22)19-6-10(7-19)13-16-4-11(15)5-17-13/h3-5,8,10H,2,6-7H2,1H3. The minimum absolute atomic E-state index is 0.0863. The van der Waals surface area contributed by atoms with Crippen LogP contribution in [0.4, 0.5) is 0 Å². The Morgan fingerprint density at radius 2 is 1.95 bits per heavy atom. The van der Waals surface area contributed by atoms with E-state index in [0.717, 1.165) is 4.47 Å². The van der Waals surface area contributed by atoms with Gasteiger partial charge in [-0.15, -0.1) is 0 Å². The number of hydrogen-bond acceptors (Lipinski definition) is 5. The predicted molar refractivity (Wildman–Crippen MR) is 81.3 cm³/mol. The lowest BCUT2D eigenvalue weighted by Gasteiger charge is -2.37. The van der Waals surface area contributed by atoms with Crippen molar-refractivity contribution in [1.82, 2.24) is 24.6 Å². The van der Waals surface area contributed by atoms with Gasteiger partial charge in [0, 0.05) is 38.2 Å². The monoisotopic (exact) mass is 363 g/mol. The lowest BCUT2D eigenvalue weighted by molar-refractivity contribution is -0.130. The summed E-state index contributed by atoms with van der Waals surface area (Å²) in [7, 11) is 0. The van der Waals surface area contributed by atoms with Gasteiger partial charge in [-0.2, -0.15) is 5.10 Å². The summed E-state index contributed by atoms with van der Waals surface area (Å²) in [6, 6.07) is 0. The Balaban J connectivity index is 1.61. The molecule has 8 heteroatoms. The second kappa shape index (κ2) is 5.96. The zero-order chi connectivity index (χ0) is 15.7. The molecule has 0 radical (unpaired) electrons. The SMILES string of the molecule is CCn1cc(C(=O)C(=O)N2CC(c3ncc(Br)cn3)C2)cn1. The van der Waals surface area contributed by atoms with Crippen LogP contribution >= 0.6 is 15.9 Å². The van der Waals surface area contributed by atoms with Crippen LogP contribution in [0.3, 0.4) is 0 Å². The first kappa shape index (κ1) is 14.8. The summed E-state index contributed by atoms with van der Waals surface area (Å²) in [5, 5.41) is 4.01. The number of likely N-dealkylation sites (tertiary alicyclic amines) is 1. The van der Waals surface area contributed by atoms with Gasteiger partial charge in [0.05, 0.1) is 22.2 Å². The number of aryl methyl sites for hydroxylation is 1. The van der Waals surface area contributed by atoms with E-state index < -0.39 is 11.7 Å². The number of amides is 1. The van der Waals surface area contributed by atoms with Gasteiger partial charge in [0.1, 0.15) is 5.82 Å². The highest BCUT2D eigenvalue weighted by Gasteiger charge is 2.36. The van der Waals surface area contributed by atoms with Gasteiger partial charge >= 0.3 is 0 Å². The third kappa shape index (κ3) is 2.78. The lowest BCUT2D eigenvalue weighted by Crippen LogP contribution is -2.51. The predicted octanol–water partition coefficient (Wildman–Crippen LogP) is 1.26. The molecule has 22 heavy (non-hydrogen) atoms. The van der Waals surface area contributed by atoms with E-state index in [2.05, 4.69) is 31.0 Å². The van der Waals surface area contributed by atoms with Crippen molar-refractivity contribution in [3.63, 3.8) is 0 Å². The van der Waals surface area contributed by atoms with Crippen molar-refractivity contribution in [2.75, 3.05) is 13.1 Å². The van der Waals surface area contributed by atoms with Gasteiger partial charge in [-0.3, -0.25) is 14.3 Å². The van der Waals surface area contributed by atoms with E-state index in [1.54, 1.807) is 23.3 Å². The quantitative estimate of drug-likeness (QED) is 0.603. The van der Waals surface area contributed by atoms with Crippen molar-refractivity contribution >= 4 is 27.6 Å². The summed E-state index contributed by atoms with van der Waals surface area (Å²) >= 11 is 3.28. The molecule has 2 aromatic rings. The van der Waals surface area contributed by atoms with Gasteiger partial charge in [0.15, 0.2) is 0 Å².